The Morgan fingerprint density at radius 1 is 0.520 bits per heavy atom. The monoisotopic (exact) mass is 640 g/mol. The third-order valence-electron chi connectivity index (χ3n) is 10.8. The van der Waals surface area contributed by atoms with Crippen LogP contribution in [0.25, 0.3) is 56.0 Å². The van der Waals surface area contributed by atoms with E-state index in [1.54, 1.807) is 0 Å². The van der Waals surface area contributed by atoms with E-state index >= 15 is 0 Å². The lowest BCUT2D eigenvalue weighted by Gasteiger charge is -2.29. The number of aromatic nitrogens is 1. The van der Waals surface area contributed by atoms with Crippen LogP contribution >= 0.6 is 0 Å². The van der Waals surface area contributed by atoms with Gasteiger partial charge in [0.05, 0.1) is 11.6 Å². The van der Waals surface area contributed by atoms with Crippen molar-refractivity contribution < 1.29 is 0 Å². The molecule has 2 atom stereocenters. The molecule has 0 saturated heterocycles. The van der Waals surface area contributed by atoms with Crippen LogP contribution in [0.15, 0.2) is 176 Å². The molecule has 2 heterocycles. The maximum absolute atomic E-state index is 2.56. The van der Waals surface area contributed by atoms with E-state index in [0.29, 0.717) is 0 Å². The maximum atomic E-state index is 2.56. The fourth-order valence-electron chi connectivity index (χ4n) is 8.44. The first-order valence-electron chi connectivity index (χ1n) is 17.7. The number of benzene rings is 6. The van der Waals surface area contributed by atoms with Crippen molar-refractivity contribution in [1.29, 1.82) is 0 Å². The van der Waals surface area contributed by atoms with Crippen LogP contribution < -0.4 is 4.90 Å². The first-order chi connectivity index (χ1) is 24.8. The third-order valence-corrected chi connectivity index (χ3v) is 10.8. The highest BCUT2D eigenvalue weighted by Crippen LogP contribution is 2.50. The number of nitrogens with zero attached hydrogens (tertiary/aromatic N) is 2. The van der Waals surface area contributed by atoms with E-state index in [0.717, 1.165) is 12.8 Å². The quantitative estimate of drug-likeness (QED) is 0.182. The molecule has 0 radical (unpaired) electrons. The molecule has 6 aromatic carbocycles. The number of fused-ring (bicyclic) bond motifs is 6. The van der Waals surface area contributed by atoms with Crippen molar-refractivity contribution in [3.8, 4) is 39.1 Å². The fraction of sp³-hybridized carbons (Fsp3) is 0.0833. The molecule has 238 valence electrons. The Kier molecular flexibility index (Phi) is 6.80. The fourth-order valence-corrected chi connectivity index (χ4v) is 8.44. The van der Waals surface area contributed by atoms with Gasteiger partial charge in [-0.2, -0.15) is 0 Å². The van der Waals surface area contributed by atoms with Gasteiger partial charge in [-0.25, -0.2) is 0 Å². The van der Waals surface area contributed by atoms with Crippen molar-refractivity contribution in [2.75, 3.05) is 4.90 Å². The molecular weight excluding hydrogens is 605 g/mol. The SMILES string of the molecule is C1=CC2c3cc(-c4ccc(-n5c6c(c7ccccc75)C=CCC6)cc4)ccc3N(c3cc(-c4ccccc4)cc(-c4ccccc4)c3)C2C=C1. The topological polar surface area (TPSA) is 8.17 Å². The van der Waals surface area contributed by atoms with E-state index in [4.69, 9.17) is 0 Å². The zero-order valence-electron chi connectivity index (χ0n) is 27.8. The molecule has 0 saturated carbocycles. The number of para-hydroxylation sites is 1. The van der Waals surface area contributed by atoms with Crippen LogP contribution in [-0.2, 0) is 6.42 Å². The summed E-state index contributed by atoms with van der Waals surface area (Å²) >= 11 is 0. The van der Waals surface area contributed by atoms with E-state index < -0.39 is 0 Å². The highest BCUT2D eigenvalue weighted by Gasteiger charge is 2.38. The molecule has 2 unspecified atom stereocenters. The van der Waals surface area contributed by atoms with Gasteiger partial charge in [0.1, 0.15) is 0 Å². The van der Waals surface area contributed by atoms with Gasteiger partial charge in [-0.1, -0.05) is 134 Å². The van der Waals surface area contributed by atoms with E-state index in [1.165, 1.54) is 78.2 Å². The van der Waals surface area contributed by atoms with Crippen molar-refractivity contribution in [2.45, 2.75) is 24.8 Å². The summed E-state index contributed by atoms with van der Waals surface area (Å²) < 4.78 is 2.47. The van der Waals surface area contributed by atoms with E-state index in [9.17, 15) is 0 Å². The summed E-state index contributed by atoms with van der Waals surface area (Å²) in [6, 6.07) is 53.9. The molecule has 2 heteroatoms. The maximum Gasteiger partial charge on any atom is 0.0629 e. The predicted molar refractivity (Wildman–Crippen MR) is 210 cm³/mol. The van der Waals surface area contributed by atoms with Crippen LogP contribution in [0.5, 0.6) is 0 Å². The highest BCUT2D eigenvalue weighted by atomic mass is 15.2. The molecule has 1 aliphatic heterocycles. The van der Waals surface area contributed by atoms with Gasteiger partial charge < -0.3 is 9.47 Å². The van der Waals surface area contributed by atoms with Gasteiger partial charge in [-0.05, 0) is 100 Å². The highest BCUT2D eigenvalue weighted by molar-refractivity contribution is 5.93. The summed E-state index contributed by atoms with van der Waals surface area (Å²) in [4.78, 5) is 2.56. The standard InChI is InChI=1S/C48H36N2/c1-3-13-33(14-4-1)37-29-38(34-15-5-2-6-16-34)31-40(30-37)50-47-22-12-9-19-43(47)44-32-36(25-28-48(44)50)35-23-26-39(27-24-35)49-45-20-10-7-17-41(45)42-18-8-11-21-46(42)49/h1-10,12-20,22-32,43,47H,11,21H2. The van der Waals surface area contributed by atoms with Gasteiger partial charge in [0, 0.05) is 39.6 Å². The van der Waals surface area contributed by atoms with Crippen molar-refractivity contribution in [2.24, 2.45) is 0 Å². The molecule has 0 amide bonds. The number of hydrogen-bond acceptors (Lipinski definition) is 1. The Labute approximate surface area is 293 Å². The number of allylic oxidation sites excluding steroid dienone is 3. The lowest BCUT2D eigenvalue weighted by Crippen LogP contribution is -2.28. The molecule has 2 nitrogen and oxygen atoms in total. The second-order valence-electron chi connectivity index (χ2n) is 13.6. The molecule has 2 aliphatic carbocycles. The Morgan fingerprint density at radius 2 is 1.18 bits per heavy atom. The Morgan fingerprint density at radius 3 is 1.94 bits per heavy atom. The molecule has 3 aliphatic rings. The second-order valence-corrected chi connectivity index (χ2v) is 13.6. The van der Waals surface area contributed by atoms with E-state index in [1.807, 2.05) is 0 Å². The normalized spacial score (nSPS) is 17.2. The van der Waals surface area contributed by atoms with Gasteiger partial charge in [0.25, 0.3) is 0 Å². The zero-order chi connectivity index (χ0) is 33.0. The van der Waals surface area contributed by atoms with E-state index in [2.05, 4.69) is 192 Å². The predicted octanol–water partition coefficient (Wildman–Crippen LogP) is 12.3. The summed E-state index contributed by atoms with van der Waals surface area (Å²) in [5, 5.41) is 1.33. The molecule has 1 aromatic heterocycles. The summed E-state index contributed by atoms with van der Waals surface area (Å²) in [6.45, 7) is 0. The number of anilines is 2. The first kappa shape index (κ1) is 28.9. The minimum atomic E-state index is 0.213. The van der Waals surface area contributed by atoms with Crippen molar-refractivity contribution in [3.63, 3.8) is 0 Å². The van der Waals surface area contributed by atoms with Crippen LogP contribution in [0.1, 0.15) is 29.2 Å². The van der Waals surface area contributed by atoms with Crippen molar-refractivity contribution in [3.05, 3.63) is 193 Å². The van der Waals surface area contributed by atoms with Crippen LogP contribution in [0.4, 0.5) is 11.4 Å². The number of hydrogen-bond donors (Lipinski definition) is 0. The van der Waals surface area contributed by atoms with Gasteiger partial charge in [-0.3, -0.25) is 0 Å². The molecule has 50 heavy (non-hydrogen) atoms. The zero-order valence-corrected chi connectivity index (χ0v) is 27.8. The summed E-state index contributed by atoms with van der Waals surface area (Å²) in [6.07, 6.45) is 15.9. The van der Waals surface area contributed by atoms with Gasteiger partial charge in [0.15, 0.2) is 0 Å². The largest absolute Gasteiger partial charge is 0.333 e. The van der Waals surface area contributed by atoms with Gasteiger partial charge in [-0.15, -0.1) is 0 Å². The third kappa shape index (κ3) is 4.71. The summed E-state index contributed by atoms with van der Waals surface area (Å²) in [7, 11) is 0. The molecule has 10 rings (SSSR count). The molecule has 0 spiro atoms. The lowest BCUT2D eigenvalue weighted by molar-refractivity contribution is 0.745. The Bertz CT molecular complexity index is 2420. The van der Waals surface area contributed by atoms with Crippen LogP contribution in [-0.4, -0.2) is 10.6 Å². The van der Waals surface area contributed by atoms with Crippen LogP contribution in [0.2, 0.25) is 0 Å². The van der Waals surface area contributed by atoms with Crippen LogP contribution in [0.3, 0.4) is 0 Å². The molecule has 7 aromatic rings. The van der Waals surface area contributed by atoms with Crippen molar-refractivity contribution >= 4 is 28.4 Å². The minimum Gasteiger partial charge on any atom is -0.333 e. The molecule has 0 bridgehead atoms. The van der Waals surface area contributed by atoms with Crippen molar-refractivity contribution in [1.82, 2.24) is 4.57 Å². The first-order valence-corrected chi connectivity index (χ1v) is 17.7. The Balaban J connectivity index is 1.06. The smallest absolute Gasteiger partial charge is 0.0629 e. The number of rotatable bonds is 5. The molecule has 0 fully saturated rings. The summed E-state index contributed by atoms with van der Waals surface area (Å²) in [5.41, 5.74) is 16.6. The summed E-state index contributed by atoms with van der Waals surface area (Å²) in [5.74, 6) is 0.278. The second kappa shape index (κ2) is 11.8. The lowest BCUT2D eigenvalue weighted by atomic mass is 9.89. The van der Waals surface area contributed by atoms with Crippen LogP contribution in [0, 0.1) is 0 Å². The average Bonchev–Trinajstić information content (AvgIpc) is 3.71. The average molecular weight is 641 g/mol. The minimum absolute atomic E-state index is 0.213. The molecule has 0 N–H and O–H groups in total. The van der Waals surface area contributed by atoms with Gasteiger partial charge in [0.2, 0.25) is 0 Å². The van der Waals surface area contributed by atoms with Gasteiger partial charge >= 0.3 is 0 Å². The Hall–Kier alpha value is -6.12. The molecular formula is C48H36N2. The van der Waals surface area contributed by atoms with E-state index in [-0.39, 0.29) is 12.0 Å².